The first-order valence-electron chi connectivity index (χ1n) is 12.6. The number of aliphatic hydroxyl groups excluding tert-OH is 1. The Morgan fingerprint density at radius 1 is 1.06 bits per heavy atom. The second-order valence-corrected chi connectivity index (χ2v) is 11.3. The fourth-order valence-corrected chi connectivity index (χ4v) is 5.20. The summed E-state index contributed by atoms with van der Waals surface area (Å²) in [5.41, 5.74) is 3.78. The third-order valence-electron chi connectivity index (χ3n) is 6.85. The van der Waals surface area contributed by atoms with Gasteiger partial charge in [-0.3, -0.25) is 0 Å². The van der Waals surface area contributed by atoms with E-state index in [1.165, 1.54) is 11.1 Å². The van der Waals surface area contributed by atoms with E-state index in [9.17, 15) is 5.11 Å². The van der Waals surface area contributed by atoms with Gasteiger partial charge in [-0.1, -0.05) is 32.9 Å². The molecule has 4 rings (SSSR count). The quantitative estimate of drug-likeness (QED) is 0.541. The summed E-state index contributed by atoms with van der Waals surface area (Å²) in [7, 11) is 0. The van der Waals surface area contributed by atoms with Crippen LogP contribution >= 0.6 is 0 Å². The maximum Gasteiger partial charge on any atom is 0.229 e. The van der Waals surface area contributed by atoms with Crippen LogP contribution in [0.1, 0.15) is 76.3 Å². The molecule has 0 spiro atoms. The molecule has 1 aromatic carbocycles. The maximum absolute atomic E-state index is 9.92. The van der Waals surface area contributed by atoms with Gasteiger partial charge in [0.2, 0.25) is 5.95 Å². The van der Waals surface area contributed by atoms with Gasteiger partial charge in [-0.15, -0.1) is 0 Å². The highest BCUT2D eigenvalue weighted by Crippen LogP contribution is 2.35. The Balaban J connectivity index is 1.51. The Morgan fingerprint density at radius 3 is 2.45 bits per heavy atom. The number of aryl methyl sites for hydroxylation is 1. The van der Waals surface area contributed by atoms with Gasteiger partial charge in [0.15, 0.2) is 0 Å². The minimum atomic E-state index is -0.154. The molecule has 1 saturated carbocycles. The lowest BCUT2D eigenvalue weighted by molar-refractivity contribution is 0.126. The average molecular weight is 452 g/mol. The van der Waals surface area contributed by atoms with E-state index in [1.54, 1.807) is 0 Å². The van der Waals surface area contributed by atoms with Crippen LogP contribution in [0.4, 0.5) is 17.5 Å². The number of aliphatic hydroxyl groups is 1. The topological polar surface area (TPSA) is 73.3 Å². The lowest BCUT2D eigenvalue weighted by atomic mass is 9.88. The van der Waals surface area contributed by atoms with Crippen LogP contribution in [0, 0.1) is 12.3 Å². The highest BCUT2D eigenvalue weighted by Gasteiger charge is 2.28. The van der Waals surface area contributed by atoms with Crippen molar-refractivity contribution in [3.05, 3.63) is 41.6 Å². The Kier molecular flexibility index (Phi) is 7.55. The van der Waals surface area contributed by atoms with Crippen LogP contribution in [0.5, 0.6) is 0 Å². The van der Waals surface area contributed by atoms with E-state index < -0.39 is 0 Å². The second kappa shape index (κ2) is 10.4. The summed E-state index contributed by atoms with van der Waals surface area (Å²) >= 11 is 0. The van der Waals surface area contributed by atoms with E-state index >= 15 is 0 Å². The zero-order chi connectivity index (χ0) is 23.4. The largest absolute Gasteiger partial charge is 0.393 e. The van der Waals surface area contributed by atoms with E-state index in [4.69, 9.17) is 9.97 Å². The van der Waals surface area contributed by atoms with Gasteiger partial charge in [-0.25, -0.2) is 4.98 Å². The van der Waals surface area contributed by atoms with Crippen molar-refractivity contribution in [1.82, 2.24) is 14.9 Å². The highest BCUT2D eigenvalue weighted by molar-refractivity contribution is 5.57. The van der Waals surface area contributed by atoms with Gasteiger partial charge in [-0.05, 0) is 87.6 Å². The molecule has 0 amide bonds. The van der Waals surface area contributed by atoms with Crippen molar-refractivity contribution in [3.8, 4) is 0 Å². The summed E-state index contributed by atoms with van der Waals surface area (Å²) in [6, 6.07) is 8.65. The van der Waals surface area contributed by atoms with E-state index in [1.807, 2.05) is 18.3 Å². The molecule has 6 nitrogen and oxygen atoms in total. The molecular formula is C27H41N5O. The number of hydrogen-bond donors (Lipinski definition) is 3. The molecule has 1 aliphatic heterocycles. The van der Waals surface area contributed by atoms with Crippen molar-refractivity contribution in [2.75, 3.05) is 30.3 Å². The molecular weight excluding hydrogens is 410 g/mol. The minimum absolute atomic E-state index is 0.154. The number of benzene rings is 1. The summed E-state index contributed by atoms with van der Waals surface area (Å²) in [5, 5.41) is 17.0. The van der Waals surface area contributed by atoms with Gasteiger partial charge >= 0.3 is 0 Å². The fourth-order valence-electron chi connectivity index (χ4n) is 5.20. The van der Waals surface area contributed by atoms with Crippen LogP contribution in [0.25, 0.3) is 0 Å². The molecule has 2 heterocycles. The predicted molar refractivity (Wildman–Crippen MR) is 136 cm³/mol. The minimum Gasteiger partial charge on any atom is -0.393 e. The first kappa shape index (κ1) is 24.0. The van der Waals surface area contributed by atoms with Crippen molar-refractivity contribution in [2.24, 2.45) is 5.41 Å². The fraction of sp³-hybridized carbons (Fsp3) is 0.630. The van der Waals surface area contributed by atoms with Crippen LogP contribution in [0.15, 0.2) is 30.5 Å². The predicted octanol–water partition coefficient (Wildman–Crippen LogP) is 5.47. The first-order chi connectivity index (χ1) is 15.7. The van der Waals surface area contributed by atoms with Crippen LogP contribution in [0.3, 0.4) is 0 Å². The van der Waals surface area contributed by atoms with Crippen molar-refractivity contribution in [1.29, 1.82) is 0 Å². The molecule has 33 heavy (non-hydrogen) atoms. The lowest BCUT2D eigenvalue weighted by Gasteiger charge is -2.36. The van der Waals surface area contributed by atoms with Crippen LogP contribution in [-0.4, -0.2) is 51.8 Å². The molecule has 0 bridgehead atoms. The maximum atomic E-state index is 9.92. The summed E-state index contributed by atoms with van der Waals surface area (Å²) in [4.78, 5) is 12.3. The monoisotopic (exact) mass is 451 g/mol. The number of anilines is 3. The average Bonchev–Trinajstić information content (AvgIpc) is 2.75. The van der Waals surface area contributed by atoms with Gasteiger partial charge in [0.25, 0.3) is 0 Å². The van der Waals surface area contributed by atoms with Crippen molar-refractivity contribution >= 4 is 17.5 Å². The Hall–Kier alpha value is -2.18. The summed E-state index contributed by atoms with van der Waals surface area (Å²) in [6.45, 7) is 12.4. The number of nitrogens with one attached hydrogen (secondary N) is 2. The smallest absolute Gasteiger partial charge is 0.229 e. The van der Waals surface area contributed by atoms with Crippen molar-refractivity contribution in [3.63, 3.8) is 0 Å². The van der Waals surface area contributed by atoms with Crippen molar-refractivity contribution in [2.45, 2.75) is 84.3 Å². The van der Waals surface area contributed by atoms with E-state index in [0.29, 0.717) is 23.3 Å². The summed E-state index contributed by atoms with van der Waals surface area (Å²) < 4.78 is 0. The Morgan fingerprint density at radius 2 is 1.79 bits per heavy atom. The van der Waals surface area contributed by atoms with E-state index in [-0.39, 0.29) is 6.10 Å². The van der Waals surface area contributed by atoms with Gasteiger partial charge in [0.1, 0.15) is 5.82 Å². The van der Waals surface area contributed by atoms with E-state index in [0.717, 1.165) is 69.7 Å². The molecule has 2 aromatic rings. The van der Waals surface area contributed by atoms with Crippen LogP contribution < -0.4 is 10.6 Å². The highest BCUT2D eigenvalue weighted by atomic mass is 16.3. The van der Waals surface area contributed by atoms with E-state index in [2.05, 4.69) is 55.4 Å². The molecule has 3 N–H and O–H groups in total. The summed E-state index contributed by atoms with van der Waals surface area (Å²) in [6.07, 6.45) is 7.85. The number of likely N-dealkylation sites (tertiary alicyclic amines) is 1. The first-order valence-corrected chi connectivity index (χ1v) is 12.6. The number of rotatable bonds is 6. The van der Waals surface area contributed by atoms with Gasteiger partial charge in [0, 0.05) is 30.0 Å². The summed E-state index contributed by atoms with van der Waals surface area (Å²) in [5.74, 6) is 2.08. The van der Waals surface area contributed by atoms with Crippen LogP contribution in [0.2, 0.25) is 0 Å². The number of nitrogens with zero attached hydrogens (tertiary/aromatic N) is 3. The molecule has 1 aromatic heterocycles. The lowest BCUT2D eigenvalue weighted by Crippen LogP contribution is -2.38. The van der Waals surface area contributed by atoms with Crippen molar-refractivity contribution < 1.29 is 5.11 Å². The molecule has 0 atom stereocenters. The number of hydrogen-bond acceptors (Lipinski definition) is 6. The number of piperidine rings is 1. The molecule has 180 valence electrons. The molecule has 1 aliphatic carbocycles. The molecule has 1 saturated heterocycles. The van der Waals surface area contributed by atoms with Gasteiger partial charge < -0.3 is 20.6 Å². The molecule has 0 unspecified atom stereocenters. The molecule has 2 aliphatic rings. The normalized spacial score (nSPS) is 22.8. The van der Waals surface area contributed by atoms with Crippen LogP contribution in [-0.2, 0) is 0 Å². The standard InChI is InChI=1S/C27H41N5O/c1-19-6-5-7-22(16-19)30-26-28-17-24(20-12-14-32(15-13-20)18-27(2,3)4)25(31-26)29-21-8-10-23(33)11-9-21/h5-7,16-17,20-21,23,33H,8-15,18H2,1-4H3,(H2,28,29,30,31). The van der Waals surface area contributed by atoms with Gasteiger partial charge in [0.05, 0.1) is 6.10 Å². The molecule has 0 radical (unpaired) electrons. The third-order valence-corrected chi connectivity index (χ3v) is 6.85. The zero-order valence-electron chi connectivity index (χ0n) is 20.8. The Labute approximate surface area is 199 Å². The number of aromatic nitrogens is 2. The molecule has 2 fully saturated rings. The zero-order valence-corrected chi connectivity index (χ0v) is 20.8. The SMILES string of the molecule is Cc1cccc(Nc2ncc(C3CCN(CC(C)(C)C)CC3)c(NC3CCC(O)CC3)n2)c1. The third kappa shape index (κ3) is 6.90. The van der Waals surface area contributed by atoms with Gasteiger partial charge in [-0.2, -0.15) is 4.98 Å². The molecule has 6 heteroatoms. The second-order valence-electron chi connectivity index (χ2n) is 11.3. The Bertz CT molecular complexity index is 909.